The summed E-state index contributed by atoms with van der Waals surface area (Å²) in [5.41, 5.74) is 7.49. The minimum atomic E-state index is -5.08. The zero-order valence-corrected chi connectivity index (χ0v) is 20.1. The average molecular weight is 584 g/mol. The number of hydrogen-bond donors (Lipinski definition) is 4. The maximum absolute atomic E-state index is 13.9. The number of carbonyl (C=O) groups excluding carboxylic acids is 1. The highest BCUT2D eigenvalue weighted by Crippen LogP contribution is 2.33. The molecule has 8 nitrogen and oxygen atoms in total. The van der Waals surface area contributed by atoms with E-state index in [2.05, 4.69) is 31.7 Å². The van der Waals surface area contributed by atoms with E-state index in [-0.39, 0.29) is 12.3 Å². The third-order valence-corrected chi connectivity index (χ3v) is 6.82. The molecule has 0 unspecified atom stereocenters. The van der Waals surface area contributed by atoms with Crippen LogP contribution in [0.4, 0.5) is 33.5 Å². The average Bonchev–Trinajstić information content (AvgIpc) is 3.37. The highest BCUT2D eigenvalue weighted by molar-refractivity contribution is 9.10. The molecule has 3 aromatic rings. The van der Waals surface area contributed by atoms with Crippen LogP contribution in [-0.4, -0.2) is 50.8 Å². The molecule has 1 aliphatic carbocycles. The van der Waals surface area contributed by atoms with Crippen LogP contribution in [0.3, 0.4) is 0 Å². The van der Waals surface area contributed by atoms with Crippen LogP contribution in [0.5, 0.6) is 0 Å². The van der Waals surface area contributed by atoms with Crippen molar-refractivity contribution in [1.29, 1.82) is 0 Å². The van der Waals surface area contributed by atoms with Crippen molar-refractivity contribution in [3.8, 4) is 0 Å². The summed E-state index contributed by atoms with van der Waals surface area (Å²) >= 11 is 4.84. The number of hydrogen-bond acceptors (Lipinski definition) is 6. The fraction of sp³-hybridized carbons (Fsp3) is 0.350. The van der Waals surface area contributed by atoms with Gasteiger partial charge in [-0.2, -0.15) is 13.2 Å². The highest BCUT2D eigenvalue weighted by atomic mass is 79.9. The number of nitrogens with two attached hydrogens (primary N) is 1. The number of thiophene rings is 1. The topological polar surface area (TPSA) is 122 Å². The van der Waals surface area contributed by atoms with Gasteiger partial charge in [-0.1, -0.05) is 0 Å². The first-order chi connectivity index (χ1) is 16.3. The summed E-state index contributed by atoms with van der Waals surface area (Å²) in [7, 11) is 0. The maximum Gasteiger partial charge on any atom is 0.490 e. The van der Waals surface area contributed by atoms with Crippen molar-refractivity contribution in [2.24, 2.45) is 5.73 Å². The van der Waals surface area contributed by atoms with Crippen LogP contribution in [0.2, 0.25) is 0 Å². The van der Waals surface area contributed by atoms with Crippen molar-refractivity contribution in [2.75, 3.05) is 10.6 Å². The molecular weight excluding hydrogens is 565 g/mol. The van der Waals surface area contributed by atoms with E-state index >= 15 is 0 Å². The van der Waals surface area contributed by atoms with Gasteiger partial charge < -0.3 is 21.5 Å². The van der Waals surface area contributed by atoms with Crippen molar-refractivity contribution in [1.82, 2.24) is 9.61 Å². The third-order valence-electron chi connectivity index (χ3n) is 5.12. The van der Waals surface area contributed by atoms with E-state index in [0.717, 1.165) is 9.99 Å². The molecule has 190 valence electrons. The van der Waals surface area contributed by atoms with Crippen LogP contribution >= 0.6 is 27.3 Å². The van der Waals surface area contributed by atoms with Gasteiger partial charge in [-0.15, -0.1) is 16.4 Å². The second-order valence-corrected chi connectivity index (χ2v) is 9.19. The molecule has 1 amide bonds. The molecule has 0 radical (unpaired) electrons. The van der Waals surface area contributed by atoms with E-state index in [9.17, 15) is 26.7 Å². The third kappa shape index (κ3) is 6.46. The number of aromatic nitrogens is 2. The Morgan fingerprint density at radius 2 is 1.89 bits per heavy atom. The molecule has 0 spiro atoms. The lowest BCUT2D eigenvalue weighted by Gasteiger charge is -2.36. The van der Waals surface area contributed by atoms with Crippen molar-refractivity contribution in [3.05, 3.63) is 45.2 Å². The van der Waals surface area contributed by atoms with Gasteiger partial charge in [-0.05, 0) is 53.0 Å². The van der Waals surface area contributed by atoms with Crippen LogP contribution < -0.4 is 16.4 Å². The summed E-state index contributed by atoms with van der Waals surface area (Å²) in [4.78, 5) is 21.5. The summed E-state index contributed by atoms with van der Waals surface area (Å²) in [5.74, 6) is -5.57. The van der Waals surface area contributed by atoms with Gasteiger partial charge in [0, 0.05) is 23.2 Å². The maximum atomic E-state index is 13.9. The molecule has 1 fully saturated rings. The monoisotopic (exact) mass is 583 g/mol. The van der Waals surface area contributed by atoms with E-state index in [1.165, 1.54) is 15.9 Å². The molecular formula is C20H19BrF5N5O3S. The van der Waals surface area contributed by atoms with Gasteiger partial charge in [0.15, 0.2) is 0 Å². The zero-order valence-electron chi connectivity index (χ0n) is 17.7. The molecule has 1 aliphatic rings. The molecule has 0 bridgehead atoms. The Kier molecular flexibility index (Phi) is 8.01. The molecule has 5 N–H and O–H groups in total. The fourth-order valence-electron chi connectivity index (χ4n) is 3.34. The Labute approximate surface area is 207 Å². The highest BCUT2D eigenvalue weighted by Gasteiger charge is 2.44. The molecule has 2 atom stereocenters. The number of nitrogens with zero attached hydrogens (tertiary/aromatic N) is 2. The number of halogens is 6. The molecule has 0 saturated heterocycles. The largest absolute Gasteiger partial charge is 0.490 e. The first kappa shape index (κ1) is 26.8. The summed E-state index contributed by atoms with van der Waals surface area (Å²) in [6, 6.07) is 5.06. The quantitative estimate of drug-likeness (QED) is 0.322. The molecule has 0 aliphatic heterocycles. The van der Waals surface area contributed by atoms with Gasteiger partial charge in [0.25, 0.3) is 11.8 Å². The Bertz CT molecular complexity index is 1220. The van der Waals surface area contributed by atoms with Crippen molar-refractivity contribution >= 4 is 56.2 Å². The second kappa shape index (κ2) is 10.5. The molecule has 3 heterocycles. The number of nitrogens with one attached hydrogen (secondary N) is 2. The number of fused-ring (bicyclic) bond motifs is 1. The Morgan fingerprint density at radius 3 is 2.49 bits per heavy atom. The Balaban J connectivity index is 0.000000429. The molecule has 3 aromatic heterocycles. The van der Waals surface area contributed by atoms with Gasteiger partial charge in [0.2, 0.25) is 0 Å². The summed E-state index contributed by atoms with van der Waals surface area (Å²) < 4.78 is 61.8. The molecule has 35 heavy (non-hydrogen) atoms. The summed E-state index contributed by atoms with van der Waals surface area (Å²) in [6.45, 7) is 0. The van der Waals surface area contributed by atoms with Gasteiger partial charge in [0.1, 0.15) is 11.5 Å². The molecule has 4 rings (SSSR count). The number of carboxylic acids is 1. The van der Waals surface area contributed by atoms with Gasteiger partial charge in [-0.3, -0.25) is 4.79 Å². The van der Waals surface area contributed by atoms with Crippen LogP contribution in [0, 0.1) is 0 Å². The lowest BCUT2D eigenvalue weighted by Crippen LogP contribution is -2.55. The number of alkyl halides is 5. The minimum Gasteiger partial charge on any atom is -0.475 e. The van der Waals surface area contributed by atoms with Crippen molar-refractivity contribution < 1.29 is 36.6 Å². The second-order valence-electron chi connectivity index (χ2n) is 7.59. The number of anilines is 2. The minimum absolute atomic E-state index is 0.196. The summed E-state index contributed by atoms with van der Waals surface area (Å²) in [6.07, 6.45) is -4.34. The lowest BCUT2D eigenvalue weighted by atomic mass is 9.87. The van der Waals surface area contributed by atoms with E-state index in [4.69, 9.17) is 15.6 Å². The van der Waals surface area contributed by atoms with Crippen LogP contribution in [0.15, 0.2) is 39.5 Å². The zero-order chi connectivity index (χ0) is 26.0. The number of carbonyl (C=O) groups is 2. The van der Waals surface area contributed by atoms with Gasteiger partial charge >= 0.3 is 12.1 Å². The molecule has 15 heteroatoms. The number of amides is 1. The Hall–Kier alpha value is -2.78. The van der Waals surface area contributed by atoms with Crippen LogP contribution in [-0.2, 0) is 4.79 Å². The van der Waals surface area contributed by atoms with Gasteiger partial charge in [0.05, 0.1) is 21.7 Å². The standard InChI is InChI=1S/C18H18BrF2N5OS.C2HF3O2/c19-11-8-28-9-13(11)24-17(27)14-5-3-10-4-6-15(25-26(10)14)23-12-2-1-7-18(20,21)16(12)22;3-2(4,5)1(6)7/h3-6,8-9,12,16H,1-2,7,22H2,(H,23,25)(H,24,27);(H,6,7)/t12-,16-;/m1./s1. The van der Waals surface area contributed by atoms with Crippen LogP contribution in [0.1, 0.15) is 29.8 Å². The summed E-state index contributed by atoms with van der Waals surface area (Å²) in [5, 5.41) is 21.1. The van der Waals surface area contributed by atoms with Crippen molar-refractivity contribution in [3.63, 3.8) is 0 Å². The Morgan fingerprint density at radius 1 is 1.23 bits per heavy atom. The smallest absolute Gasteiger partial charge is 0.475 e. The number of aliphatic carboxylic acids is 1. The van der Waals surface area contributed by atoms with E-state index in [1.807, 2.05) is 10.8 Å². The predicted octanol–water partition coefficient (Wildman–Crippen LogP) is 4.97. The normalized spacial score (nSPS) is 19.5. The van der Waals surface area contributed by atoms with Gasteiger partial charge in [-0.25, -0.2) is 18.1 Å². The van der Waals surface area contributed by atoms with E-state index < -0.39 is 30.2 Å². The van der Waals surface area contributed by atoms with Crippen LogP contribution in [0.25, 0.3) is 5.52 Å². The first-order valence-corrected chi connectivity index (χ1v) is 11.7. The molecule has 1 saturated carbocycles. The SMILES string of the molecule is N[C@@H]1[C@H](Nc2ccc3ccc(C(=O)Nc4cscc4Br)n3n2)CCCC1(F)F.O=C(O)C(F)(F)F. The predicted molar refractivity (Wildman–Crippen MR) is 123 cm³/mol. The fourth-order valence-corrected chi connectivity index (χ4v) is 4.67. The lowest BCUT2D eigenvalue weighted by molar-refractivity contribution is -0.192. The number of carboxylic acid groups (broad SMARTS) is 1. The van der Waals surface area contributed by atoms with E-state index in [0.29, 0.717) is 30.0 Å². The molecule has 0 aromatic carbocycles. The van der Waals surface area contributed by atoms with E-state index in [1.54, 1.807) is 24.3 Å². The first-order valence-electron chi connectivity index (χ1n) is 10.0. The van der Waals surface area contributed by atoms with Crippen molar-refractivity contribution in [2.45, 2.75) is 43.4 Å². The number of rotatable bonds is 4.